The minimum atomic E-state index is 0.438. The van der Waals surface area contributed by atoms with Crippen molar-refractivity contribution in [3.8, 4) is 0 Å². The molecule has 1 aromatic heterocycles. The smallest absolute Gasteiger partial charge is 0.228 e. The summed E-state index contributed by atoms with van der Waals surface area (Å²) in [5, 5.41) is 6.94. The van der Waals surface area contributed by atoms with Crippen LogP contribution in [-0.4, -0.2) is 23.1 Å². The Balaban J connectivity index is 2.03. The molecular formula is C16H21ClN4. The van der Waals surface area contributed by atoms with E-state index in [1.54, 1.807) is 12.3 Å². The van der Waals surface area contributed by atoms with Crippen LogP contribution in [0.2, 0.25) is 5.15 Å². The summed E-state index contributed by atoms with van der Waals surface area (Å²) in [5.74, 6) is 0.526. The van der Waals surface area contributed by atoms with Gasteiger partial charge in [0.25, 0.3) is 0 Å². The maximum atomic E-state index is 5.89. The van der Waals surface area contributed by atoms with Crippen molar-refractivity contribution in [1.82, 2.24) is 15.3 Å². The summed E-state index contributed by atoms with van der Waals surface area (Å²) in [6, 6.07) is 10.4. The lowest BCUT2D eigenvalue weighted by Gasteiger charge is -2.13. The summed E-state index contributed by atoms with van der Waals surface area (Å²) in [6.45, 7) is 2.20. The highest BCUT2D eigenvalue weighted by Gasteiger charge is 2.05. The fourth-order valence-electron chi connectivity index (χ4n) is 2.12. The molecule has 112 valence electrons. The Morgan fingerprint density at radius 1 is 1.24 bits per heavy atom. The number of hydrogen-bond donors (Lipinski definition) is 2. The van der Waals surface area contributed by atoms with E-state index in [2.05, 4.69) is 39.7 Å². The third-order valence-corrected chi connectivity index (χ3v) is 3.67. The van der Waals surface area contributed by atoms with Crippen LogP contribution in [0.15, 0.2) is 36.5 Å². The van der Waals surface area contributed by atoms with Gasteiger partial charge in [0.1, 0.15) is 5.15 Å². The molecule has 0 radical (unpaired) electrons. The Hall–Kier alpha value is -1.65. The Bertz CT molecular complexity index is 574. The van der Waals surface area contributed by atoms with Crippen molar-refractivity contribution in [1.29, 1.82) is 0 Å². The third kappa shape index (κ3) is 4.99. The molecule has 2 aromatic rings. The largest absolute Gasteiger partial charge is 0.324 e. The molecule has 0 aliphatic heterocycles. The fourth-order valence-corrected chi connectivity index (χ4v) is 2.26. The van der Waals surface area contributed by atoms with Gasteiger partial charge in [0.15, 0.2) is 0 Å². The number of benzene rings is 1. The molecule has 1 aromatic carbocycles. The molecule has 0 amide bonds. The van der Waals surface area contributed by atoms with E-state index >= 15 is 0 Å². The zero-order chi connectivity index (χ0) is 15.1. The van der Waals surface area contributed by atoms with Gasteiger partial charge in [0.2, 0.25) is 5.95 Å². The maximum absolute atomic E-state index is 5.89. The quantitative estimate of drug-likeness (QED) is 0.764. The molecule has 1 atom stereocenters. The van der Waals surface area contributed by atoms with Crippen molar-refractivity contribution in [2.24, 2.45) is 0 Å². The van der Waals surface area contributed by atoms with Gasteiger partial charge in [-0.1, -0.05) is 29.8 Å². The number of nitrogens with one attached hydrogen (secondary N) is 2. The second kappa shape index (κ2) is 7.96. The monoisotopic (exact) mass is 304 g/mol. The number of hydrogen-bond acceptors (Lipinski definition) is 4. The number of halogens is 1. The maximum Gasteiger partial charge on any atom is 0.228 e. The van der Waals surface area contributed by atoms with Crippen LogP contribution < -0.4 is 10.6 Å². The molecule has 0 aliphatic carbocycles. The number of nitrogens with zero attached hydrogens (tertiary/aromatic N) is 2. The average Bonchev–Trinajstić information content (AvgIpc) is 2.49. The molecule has 0 bridgehead atoms. The van der Waals surface area contributed by atoms with Crippen molar-refractivity contribution in [3.63, 3.8) is 0 Å². The first-order valence-corrected chi connectivity index (χ1v) is 7.57. The summed E-state index contributed by atoms with van der Waals surface area (Å²) < 4.78 is 0. The highest BCUT2D eigenvalue weighted by Crippen LogP contribution is 2.21. The molecule has 0 spiro atoms. The molecule has 1 unspecified atom stereocenters. The second-order valence-corrected chi connectivity index (χ2v) is 5.45. The van der Waals surface area contributed by atoms with Gasteiger partial charge in [0, 0.05) is 17.9 Å². The van der Waals surface area contributed by atoms with Crippen molar-refractivity contribution in [3.05, 3.63) is 47.2 Å². The van der Waals surface area contributed by atoms with Gasteiger partial charge >= 0.3 is 0 Å². The molecule has 2 rings (SSSR count). The predicted molar refractivity (Wildman–Crippen MR) is 88.2 cm³/mol. The SMILES string of the molecule is CNC(C)CCCc1ccccc1Nc1nccc(Cl)n1. The van der Waals surface area contributed by atoms with Crippen LogP contribution in [0.4, 0.5) is 11.6 Å². The Morgan fingerprint density at radius 2 is 2.05 bits per heavy atom. The van der Waals surface area contributed by atoms with Gasteiger partial charge in [0.05, 0.1) is 0 Å². The highest BCUT2D eigenvalue weighted by molar-refractivity contribution is 6.29. The first kappa shape index (κ1) is 15.7. The van der Waals surface area contributed by atoms with Crippen molar-refractivity contribution >= 4 is 23.2 Å². The van der Waals surface area contributed by atoms with Crippen LogP contribution in [0, 0.1) is 0 Å². The van der Waals surface area contributed by atoms with Crippen molar-refractivity contribution in [2.75, 3.05) is 12.4 Å². The van der Waals surface area contributed by atoms with E-state index in [0.29, 0.717) is 17.1 Å². The number of rotatable bonds is 7. The standard InChI is InChI=1S/C16H21ClN4/c1-12(18-2)6-5-8-13-7-3-4-9-14(13)20-16-19-11-10-15(17)21-16/h3-4,7,9-12,18H,5-6,8H2,1-2H3,(H,19,20,21). The molecule has 4 nitrogen and oxygen atoms in total. The molecule has 0 aliphatic rings. The molecule has 21 heavy (non-hydrogen) atoms. The minimum Gasteiger partial charge on any atom is -0.324 e. The normalized spacial score (nSPS) is 12.1. The van der Waals surface area contributed by atoms with Gasteiger partial charge in [-0.15, -0.1) is 0 Å². The molecule has 5 heteroatoms. The van der Waals surface area contributed by atoms with E-state index in [1.807, 2.05) is 19.2 Å². The van der Waals surface area contributed by atoms with Gasteiger partial charge in [-0.25, -0.2) is 9.97 Å². The molecule has 0 saturated heterocycles. The fraction of sp³-hybridized carbons (Fsp3) is 0.375. The first-order chi connectivity index (χ1) is 10.2. The van der Waals surface area contributed by atoms with Crippen LogP contribution >= 0.6 is 11.6 Å². The van der Waals surface area contributed by atoms with Crippen LogP contribution in [0.25, 0.3) is 0 Å². The topological polar surface area (TPSA) is 49.8 Å². The van der Waals surface area contributed by atoms with E-state index in [4.69, 9.17) is 11.6 Å². The van der Waals surface area contributed by atoms with Crippen LogP contribution in [-0.2, 0) is 6.42 Å². The first-order valence-electron chi connectivity index (χ1n) is 7.20. The van der Waals surface area contributed by atoms with E-state index in [0.717, 1.165) is 24.9 Å². The lowest BCUT2D eigenvalue weighted by molar-refractivity contribution is 0.542. The third-order valence-electron chi connectivity index (χ3n) is 3.46. The Kier molecular flexibility index (Phi) is 5.96. The van der Waals surface area contributed by atoms with E-state index < -0.39 is 0 Å². The number of para-hydroxylation sites is 1. The summed E-state index contributed by atoms with van der Waals surface area (Å²) in [6.07, 6.45) is 4.96. The summed E-state index contributed by atoms with van der Waals surface area (Å²) >= 11 is 5.89. The summed E-state index contributed by atoms with van der Waals surface area (Å²) in [5.41, 5.74) is 2.31. The van der Waals surface area contributed by atoms with Crippen LogP contribution in [0.5, 0.6) is 0 Å². The van der Waals surface area contributed by atoms with Crippen molar-refractivity contribution in [2.45, 2.75) is 32.2 Å². The highest BCUT2D eigenvalue weighted by atomic mass is 35.5. The zero-order valence-corrected chi connectivity index (χ0v) is 13.2. The number of anilines is 2. The Morgan fingerprint density at radius 3 is 2.81 bits per heavy atom. The predicted octanol–water partition coefficient (Wildman–Crippen LogP) is 3.80. The van der Waals surface area contributed by atoms with Gasteiger partial charge in [-0.2, -0.15) is 0 Å². The van der Waals surface area contributed by atoms with Gasteiger partial charge < -0.3 is 10.6 Å². The van der Waals surface area contributed by atoms with Crippen molar-refractivity contribution < 1.29 is 0 Å². The second-order valence-electron chi connectivity index (χ2n) is 5.07. The van der Waals surface area contributed by atoms with E-state index in [1.165, 1.54) is 5.56 Å². The lowest BCUT2D eigenvalue weighted by Crippen LogP contribution is -2.20. The minimum absolute atomic E-state index is 0.438. The zero-order valence-electron chi connectivity index (χ0n) is 12.4. The number of aromatic nitrogens is 2. The average molecular weight is 305 g/mol. The van der Waals surface area contributed by atoms with Gasteiger partial charge in [-0.05, 0) is 50.9 Å². The number of aryl methyl sites for hydroxylation is 1. The van der Waals surface area contributed by atoms with E-state index in [-0.39, 0.29) is 0 Å². The molecule has 2 N–H and O–H groups in total. The van der Waals surface area contributed by atoms with Gasteiger partial charge in [-0.3, -0.25) is 0 Å². The molecular weight excluding hydrogens is 284 g/mol. The summed E-state index contributed by atoms with van der Waals surface area (Å²) in [4.78, 5) is 8.35. The molecule has 0 saturated carbocycles. The van der Waals surface area contributed by atoms with E-state index in [9.17, 15) is 0 Å². The molecule has 1 heterocycles. The Labute approximate surface area is 131 Å². The van der Waals surface area contributed by atoms with Crippen LogP contribution in [0.3, 0.4) is 0 Å². The lowest BCUT2D eigenvalue weighted by atomic mass is 10.0. The van der Waals surface area contributed by atoms with Crippen LogP contribution in [0.1, 0.15) is 25.3 Å². The molecule has 0 fully saturated rings. The summed E-state index contributed by atoms with van der Waals surface area (Å²) in [7, 11) is 2.00.